The zero-order chi connectivity index (χ0) is 24.0. The van der Waals surface area contributed by atoms with E-state index in [-0.39, 0.29) is 47.6 Å². The zero-order valence-corrected chi connectivity index (χ0v) is 20.9. The first-order valence-corrected chi connectivity index (χ1v) is 13.5. The molecule has 0 bridgehead atoms. The van der Waals surface area contributed by atoms with Crippen LogP contribution in [0, 0.1) is 46.3 Å². The van der Waals surface area contributed by atoms with Gasteiger partial charge in [-0.3, -0.25) is 4.79 Å². The average Bonchev–Trinajstić information content (AvgIpc) is 3.13. The molecule has 190 valence electrons. The summed E-state index contributed by atoms with van der Waals surface area (Å²) in [5.41, 5.74) is -0.117. The first kappa shape index (κ1) is 25.4. The number of aliphatic hydroxyl groups is 4. The number of hydrogen-bond acceptors (Lipinski definition) is 5. The molecule has 4 aliphatic carbocycles. The highest BCUT2D eigenvalue weighted by Gasteiger charge is 2.65. The topological polar surface area (TPSA) is 110 Å². The van der Waals surface area contributed by atoms with Crippen molar-refractivity contribution in [2.75, 3.05) is 13.2 Å². The predicted octanol–water partition coefficient (Wildman–Crippen LogP) is 2.86. The Morgan fingerprint density at radius 3 is 2.55 bits per heavy atom. The summed E-state index contributed by atoms with van der Waals surface area (Å²) in [4.78, 5) is 12.2. The molecule has 1 amide bonds. The van der Waals surface area contributed by atoms with Crippen LogP contribution in [0.2, 0.25) is 0 Å². The van der Waals surface area contributed by atoms with Gasteiger partial charge in [-0.15, -0.1) is 0 Å². The van der Waals surface area contributed by atoms with Crippen molar-refractivity contribution in [3.63, 3.8) is 0 Å². The van der Waals surface area contributed by atoms with Gasteiger partial charge in [0, 0.05) is 19.6 Å². The summed E-state index contributed by atoms with van der Waals surface area (Å²) < 4.78 is 0. The summed E-state index contributed by atoms with van der Waals surface area (Å²) in [6.45, 7) is 7.47. The lowest BCUT2D eigenvalue weighted by atomic mass is 9.43. The standard InChI is InChI=1S/C27H47NO5/c1-16(5-8-24(33)28-11-4-12-29)19-6-7-20-25-21(15-23(32)27(19,20)3)26(2)10-9-18(30)13-17(26)14-22(25)31/h16-23,25,29-32H,4-15H2,1-3H3,(H,28,33). The van der Waals surface area contributed by atoms with Crippen LogP contribution in [-0.4, -0.2) is 57.8 Å². The van der Waals surface area contributed by atoms with E-state index in [4.69, 9.17) is 5.11 Å². The third kappa shape index (κ3) is 4.39. The summed E-state index contributed by atoms with van der Waals surface area (Å²) in [5, 5.41) is 45.0. The van der Waals surface area contributed by atoms with Crippen LogP contribution >= 0.6 is 0 Å². The van der Waals surface area contributed by atoms with Gasteiger partial charge in [0.15, 0.2) is 0 Å². The monoisotopic (exact) mass is 465 g/mol. The molecule has 0 radical (unpaired) electrons. The summed E-state index contributed by atoms with van der Waals surface area (Å²) in [6.07, 6.45) is 7.15. The molecular weight excluding hydrogens is 418 g/mol. The van der Waals surface area contributed by atoms with Gasteiger partial charge in [-0.05, 0) is 104 Å². The molecule has 6 nitrogen and oxygen atoms in total. The van der Waals surface area contributed by atoms with E-state index in [9.17, 15) is 20.1 Å². The maximum Gasteiger partial charge on any atom is 0.220 e. The van der Waals surface area contributed by atoms with Gasteiger partial charge in [0.05, 0.1) is 18.3 Å². The lowest BCUT2D eigenvalue weighted by Gasteiger charge is -2.63. The van der Waals surface area contributed by atoms with Crippen molar-refractivity contribution in [2.45, 2.75) is 103 Å². The molecule has 4 rings (SSSR count). The molecule has 5 N–H and O–H groups in total. The van der Waals surface area contributed by atoms with Crippen LogP contribution in [0.25, 0.3) is 0 Å². The Hall–Kier alpha value is -0.690. The van der Waals surface area contributed by atoms with E-state index in [0.717, 1.165) is 51.4 Å². The highest BCUT2D eigenvalue weighted by Crippen LogP contribution is 2.68. The van der Waals surface area contributed by atoms with Crippen molar-refractivity contribution in [1.29, 1.82) is 0 Å². The first-order chi connectivity index (χ1) is 15.6. The second-order valence-electron chi connectivity index (χ2n) is 12.5. The Kier molecular flexibility index (Phi) is 7.51. The summed E-state index contributed by atoms with van der Waals surface area (Å²) >= 11 is 0. The second-order valence-corrected chi connectivity index (χ2v) is 12.5. The van der Waals surface area contributed by atoms with Crippen LogP contribution < -0.4 is 5.32 Å². The van der Waals surface area contributed by atoms with Crippen molar-refractivity contribution in [3.8, 4) is 0 Å². The van der Waals surface area contributed by atoms with Gasteiger partial charge in [-0.2, -0.15) is 0 Å². The van der Waals surface area contributed by atoms with Gasteiger partial charge in [-0.1, -0.05) is 20.8 Å². The Labute approximate surface area is 199 Å². The molecule has 0 aromatic carbocycles. The summed E-state index contributed by atoms with van der Waals surface area (Å²) in [6, 6.07) is 0. The first-order valence-electron chi connectivity index (χ1n) is 13.5. The fraction of sp³-hybridized carbons (Fsp3) is 0.963. The molecule has 33 heavy (non-hydrogen) atoms. The van der Waals surface area contributed by atoms with Crippen molar-refractivity contribution in [2.24, 2.45) is 46.3 Å². The second kappa shape index (κ2) is 9.75. The highest BCUT2D eigenvalue weighted by molar-refractivity contribution is 5.75. The number of amides is 1. The lowest BCUT2D eigenvalue weighted by Crippen LogP contribution is -2.62. The molecule has 0 spiro atoms. The van der Waals surface area contributed by atoms with E-state index in [1.54, 1.807) is 0 Å². The third-order valence-corrected chi connectivity index (χ3v) is 11.0. The van der Waals surface area contributed by atoms with E-state index in [2.05, 4.69) is 26.1 Å². The van der Waals surface area contributed by atoms with E-state index < -0.39 is 0 Å². The maximum absolute atomic E-state index is 12.2. The average molecular weight is 466 g/mol. The summed E-state index contributed by atoms with van der Waals surface area (Å²) in [7, 11) is 0. The molecule has 0 aromatic rings. The largest absolute Gasteiger partial charge is 0.396 e. The Morgan fingerprint density at radius 1 is 1.06 bits per heavy atom. The lowest BCUT2D eigenvalue weighted by molar-refractivity contribution is -0.207. The van der Waals surface area contributed by atoms with Crippen molar-refractivity contribution in [3.05, 3.63) is 0 Å². The molecule has 11 atom stereocenters. The minimum absolute atomic E-state index is 0.0420. The molecule has 6 heteroatoms. The van der Waals surface area contributed by atoms with Crippen molar-refractivity contribution in [1.82, 2.24) is 5.32 Å². The minimum atomic E-state index is -0.383. The molecule has 4 saturated carbocycles. The van der Waals surface area contributed by atoms with Crippen LogP contribution in [0.5, 0.6) is 0 Å². The number of aliphatic hydroxyl groups excluding tert-OH is 4. The van der Waals surface area contributed by atoms with Crippen LogP contribution in [-0.2, 0) is 4.79 Å². The highest BCUT2D eigenvalue weighted by atomic mass is 16.3. The van der Waals surface area contributed by atoms with Crippen LogP contribution in [0.4, 0.5) is 0 Å². The number of fused-ring (bicyclic) bond motifs is 5. The van der Waals surface area contributed by atoms with Gasteiger partial charge >= 0.3 is 0 Å². The molecule has 0 heterocycles. The number of hydrogen-bond donors (Lipinski definition) is 5. The number of carbonyl (C=O) groups excluding carboxylic acids is 1. The number of carbonyl (C=O) groups is 1. The normalized spacial score (nSPS) is 47.8. The third-order valence-electron chi connectivity index (χ3n) is 11.0. The Bertz CT molecular complexity index is 702. The molecule has 4 aliphatic rings. The Morgan fingerprint density at radius 2 is 1.82 bits per heavy atom. The van der Waals surface area contributed by atoms with E-state index in [1.165, 1.54) is 0 Å². The maximum atomic E-state index is 12.2. The summed E-state index contributed by atoms with van der Waals surface area (Å²) in [5.74, 6) is 1.94. The SMILES string of the molecule is CC(CCC(=O)NCCCO)C1CCC2C3C(O)CC4CC(O)CCC4(C)C3CC(O)C12C. The molecule has 4 fully saturated rings. The zero-order valence-electron chi connectivity index (χ0n) is 20.9. The van der Waals surface area contributed by atoms with Gasteiger partial charge in [-0.25, -0.2) is 0 Å². The smallest absolute Gasteiger partial charge is 0.220 e. The van der Waals surface area contributed by atoms with E-state index >= 15 is 0 Å². The van der Waals surface area contributed by atoms with Gasteiger partial charge in [0.2, 0.25) is 5.91 Å². The number of rotatable bonds is 7. The molecule has 0 aliphatic heterocycles. The molecular formula is C27H47NO5. The van der Waals surface area contributed by atoms with Crippen LogP contribution in [0.1, 0.15) is 85.0 Å². The fourth-order valence-electron chi connectivity index (χ4n) is 9.09. The van der Waals surface area contributed by atoms with Gasteiger partial charge < -0.3 is 25.7 Å². The van der Waals surface area contributed by atoms with Crippen molar-refractivity contribution < 1.29 is 25.2 Å². The number of nitrogens with one attached hydrogen (secondary N) is 1. The van der Waals surface area contributed by atoms with Crippen molar-refractivity contribution >= 4 is 5.91 Å². The molecule has 11 unspecified atom stereocenters. The Balaban J connectivity index is 1.47. The van der Waals surface area contributed by atoms with E-state index in [0.29, 0.717) is 49.0 Å². The van der Waals surface area contributed by atoms with Gasteiger partial charge in [0.25, 0.3) is 0 Å². The van der Waals surface area contributed by atoms with E-state index in [1.807, 2.05) is 0 Å². The van der Waals surface area contributed by atoms with Gasteiger partial charge in [0.1, 0.15) is 0 Å². The van der Waals surface area contributed by atoms with Crippen LogP contribution in [0.15, 0.2) is 0 Å². The van der Waals surface area contributed by atoms with Crippen LogP contribution in [0.3, 0.4) is 0 Å². The quantitative estimate of drug-likeness (QED) is 0.372. The minimum Gasteiger partial charge on any atom is -0.396 e. The predicted molar refractivity (Wildman–Crippen MR) is 127 cm³/mol. The fourth-order valence-corrected chi connectivity index (χ4v) is 9.09. The molecule has 0 aromatic heterocycles. The molecule has 0 saturated heterocycles.